The molecule has 0 bridgehead atoms. The molecule has 0 spiro atoms. The predicted molar refractivity (Wildman–Crippen MR) is 55.9 cm³/mol. The lowest BCUT2D eigenvalue weighted by Gasteiger charge is -2.00. The molecule has 0 radical (unpaired) electrons. The van der Waals surface area contributed by atoms with E-state index >= 15 is 0 Å². The lowest BCUT2D eigenvalue weighted by Crippen LogP contribution is -2.12. The molecule has 0 aromatic rings. The Kier molecular flexibility index (Phi) is 16.6. The molecule has 0 unspecified atom stereocenters. The average Bonchev–Trinajstić information content (AvgIpc) is 2.14. The molecule has 0 aliphatic rings. The van der Waals surface area contributed by atoms with Crippen LogP contribution in [-0.4, -0.2) is 37.1 Å². The number of nitrogens with one attached hydrogen (secondary N) is 1. The number of rotatable bonds is 5. The first-order valence-electron chi connectivity index (χ1n) is 4.43. The summed E-state index contributed by atoms with van der Waals surface area (Å²) < 4.78 is 9.63. The quantitative estimate of drug-likeness (QED) is 0.524. The van der Waals surface area contributed by atoms with Gasteiger partial charge in [-0.05, 0) is 26.6 Å². The molecule has 0 aromatic heterocycles. The van der Waals surface area contributed by atoms with Crippen LogP contribution < -0.4 is 5.32 Å². The summed E-state index contributed by atoms with van der Waals surface area (Å²) >= 11 is 0. The van der Waals surface area contributed by atoms with E-state index in [9.17, 15) is 0 Å². The Bertz CT molecular complexity index is 66.1. The van der Waals surface area contributed by atoms with Crippen molar-refractivity contribution in [2.45, 2.75) is 26.3 Å². The van der Waals surface area contributed by atoms with Crippen LogP contribution >= 0.6 is 0 Å². The molecule has 0 aliphatic carbocycles. The standard InChI is InChI=1S/C5H13N.C3H10O2Si/c1-3-4-5-6-2;1-4-6(3)5-2/h6H,3-5H2,1-2H3;6H,1-3H3. The van der Waals surface area contributed by atoms with Crippen molar-refractivity contribution in [3.63, 3.8) is 0 Å². The topological polar surface area (TPSA) is 30.5 Å². The van der Waals surface area contributed by atoms with Crippen molar-refractivity contribution >= 4 is 9.28 Å². The molecule has 76 valence electrons. The van der Waals surface area contributed by atoms with E-state index in [1.165, 1.54) is 12.8 Å². The molecular weight excluding hydrogens is 170 g/mol. The summed E-state index contributed by atoms with van der Waals surface area (Å²) in [5.41, 5.74) is 0. The van der Waals surface area contributed by atoms with E-state index in [1.807, 2.05) is 13.6 Å². The SMILES string of the molecule is CCCCNC.CO[SiH](C)OC. The minimum absolute atomic E-state index is 1.16. The number of unbranched alkanes of at least 4 members (excludes halogenated alkanes) is 1. The van der Waals surface area contributed by atoms with E-state index in [4.69, 9.17) is 8.85 Å². The fraction of sp³-hybridized carbons (Fsp3) is 1.00. The van der Waals surface area contributed by atoms with Gasteiger partial charge in [0.05, 0.1) is 0 Å². The smallest absolute Gasteiger partial charge is 0.317 e. The lowest BCUT2D eigenvalue weighted by molar-refractivity contribution is 0.285. The Morgan fingerprint density at radius 3 is 1.83 bits per heavy atom. The van der Waals surface area contributed by atoms with E-state index in [0.717, 1.165) is 6.54 Å². The van der Waals surface area contributed by atoms with Gasteiger partial charge in [-0.3, -0.25) is 0 Å². The van der Waals surface area contributed by atoms with Gasteiger partial charge < -0.3 is 14.2 Å². The zero-order valence-corrected chi connectivity index (χ0v) is 10.2. The Morgan fingerprint density at radius 2 is 1.75 bits per heavy atom. The third kappa shape index (κ3) is 16.6. The van der Waals surface area contributed by atoms with E-state index in [0.29, 0.717) is 0 Å². The highest BCUT2D eigenvalue weighted by Crippen LogP contribution is 1.79. The second-order valence-electron chi connectivity index (χ2n) is 2.50. The largest absolute Gasteiger partial charge is 0.400 e. The molecule has 1 N–H and O–H groups in total. The molecule has 0 amide bonds. The van der Waals surface area contributed by atoms with Crippen molar-refractivity contribution in [2.24, 2.45) is 0 Å². The molecule has 0 atom stereocenters. The van der Waals surface area contributed by atoms with E-state index in [2.05, 4.69) is 12.2 Å². The van der Waals surface area contributed by atoms with Crippen LogP contribution in [0, 0.1) is 0 Å². The van der Waals surface area contributed by atoms with Gasteiger partial charge in [0.2, 0.25) is 0 Å². The van der Waals surface area contributed by atoms with Crippen LogP contribution in [0.1, 0.15) is 19.8 Å². The highest BCUT2D eigenvalue weighted by molar-refractivity contribution is 6.42. The van der Waals surface area contributed by atoms with Crippen molar-refractivity contribution in [1.29, 1.82) is 0 Å². The number of hydrogen-bond acceptors (Lipinski definition) is 3. The van der Waals surface area contributed by atoms with Gasteiger partial charge in [-0.25, -0.2) is 0 Å². The van der Waals surface area contributed by atoms with Crippen LogP contribution in [0.15, 0.2) is 0 Å². The van der Waals surface area contributed by atoms with Crippen molar-refractivity contribution in [3.8, 4) is 0 Å². The Balaban J connectivity index is 0. The zero-order valence-electron chi connectivity index (χ0n) is 9.02. The first kappa shape index (κ1) is 14.6. The number of hydrogen-bond donors (Lipinski definition) is 1. The van der Waals surface area contributed by atoms with E-state index in [1.54, 1.807) is 14.2 Å². The van der Waals surface area contributed by atoms with Crippen LogP contribution in [0.2, 0.25) is 6.55 Å². The minimum atomic E-state index is -1.16. The summed E-state index contributed by atoms with van der Waals surface area (Å²) in [6, 6.07) is 0. The van der Waals surface area contributed by atoms with Gasteiger partial charge in [-0.1, -0.05) is 13.3 Å². The summed E-state index contributed by atoms with van der Waals surface area (Å²) in [5, 5.41) is 3.07. The molecule has 0 aliphatic heterocycles. The maximum atomic E-state index is 4.82. The normalized spacial score (nSPS) is 9.50. The van der Waals surface area contributed by atoms with Crippen molar-refractivity contribution in [3.05, 3.63) is 0 Å². The first-order valence-corrected chi connectivity index (χ1v) is 6.52. The third-order valence-electron chi connectivity index (χ3n) is 1.44. The molecule has 4 heteroatoms. The van der Waals surface area contributed by atoms with Gasteiger partial charge in [-0.2, -0.15) is 0 Å². The van der Waals surface area contributed by atoms with Gasteiger partial charge >= 0.3 is 9.28 Å². The van der Waals surface area contributed by atoms with Gasteiger partial charge in [0.25, 0.3) is 0 Å². The maximum absolute atomic E-state index is 4.82. The highest BCUT2D eigenvalue weighted by atomic mass is 28.3. The zero-order chi connectivity index (χ0) is 9.82. The summed E-state index contributed by atoms with van der Waals surface area (Å²) in [6.07, 6.45) is 2.59. The Hall–Kier alpha value is 0.0969. The highest BCUT2D eigenvalue weighted by Gasteiger charge is 1.94. The fourth-order valence-corrected chi connectivity index (χ4v) is 0.642. The average molecular weight is 193 g/mol. The molecule has 0 saturated carbocycles. The van der Waals surface area contributed by atoms with Crippen molar-refractivity contribution < 1.29 is 8.85 Å². The predicted octanol–water partition coefficient (Wildman–Crippen LogP) is 1.14. The molecule has 0 heterocycles. The summed E-state index contributed by atoms with van der Waals surface area (Å²) in [6.45, 7) is 5.33. The molecule has 3 nitrogen and oxygen atoms in total. The van der Waals surface area contributed by atoms with Crippen molar-refractivity contribution in [1.82, 2.24) is 5.32 Å². The molecule has 0 rings (SSSR count). The molecule has 12 heavy (non-hydrogen) atoms. The Labute approximate surface area is 78.3 Å². The van der Waals surface area contributed by atoms with Gasteiger partial charge in [0.15, 0.2) is 0 Å². The van der Waals surface area contributed by atoms with Crippen LogP contribution in [0.5, 0.6) is 0 Å². The van der Waals surface area contributed by atoms with E-state index < -0.39 is 9.28 Å². The van der Waals surface area contributed by atoms with Crippen LogP contribution in [0.3, 0.4) is 0 Å². The second-order valence-corrected chi connectivity index (χ2v) is 4.57. The maximum Gasteiger partial charge on any atom is 0.317 e. The molecule has 0 aromatic carbocycles. The lowest BCUT2D eigenvalue weighted by atomic mass is 10.3. The van der Waals surface area contributed by atoms with Crippen LogP contribution in [0.4, 0.5) is 0 Å². The Morgan fingerprint density at radius 1 is 1.25 bits per heavy atom. The van der Waals surface area contributed by atoms with Gasteiger partial charge in [0.1, 0.15) is 0 Å². The van der Waals surface area contributed by atoms with Gasteiger partial charge in [-0.15, -0.1) is 0 Å². The second kappa shape index (κ2) is 13.7. The molecule has 0 saturated heterocycles. The first-order chi connectivity index (χ1) is 5.72. The third-order valence-corrected chi connectivity index (χ3v) is 2.77. The van der Waals surface area contributed by atoms with Crippen LogP contribution in [-0.2, 0) is 8.85 Å². The van der Waals surface area contributed by atoms with E-state index in [-0.39, 0.29) is 0 Å². The molecular formula is C8H23NO2Si. The monoisotopic (exact) mass is 193 g/mol. The summed E-state index contributed by atoms with van der Waals surface area (Å²) in [7, 11) is 4.16. The minimum Gasteiger partial charge on any atom is -0.400 e. The van der Waals surface area contributed by atoms with Gasteiger partial charge in [0, 0.05) is 14.2 Å². The summed E-state index contributed by atoms with van der Waals surface area (Å²) in [5.74, 6) is 0. The van der Waals surface area contributed by atoms with Crippen LogP contribution in [0.25, 0.3) is 0 Å². The summed E-state index contributed by atoms with van der Waals surface area (Å²) in [4.78, 5) is 0. The molecule has 0 fully saturated rings. The fourth-order valence-electron chi connectivity index (χ4n) is 0.450. The van der Waals surface area contributed by atoms with Crippen molar-refractivity contribution in [2.75, 3.05) is 27.8 Å².